The molecule has 0 aromatic heterocycles. The lowest BCUT2D eigenvalue weighted by molar-refractivity contribution is -0.147. The van der Waals surface area contributed by atoms with Gasteiger partial charge in [0.2, 0.25) is 0 Å². The van der Waals surface area contributed by atoms with E-state index >= 15 is 0 Å². The van der Waals surface area contributed by atoms with Gasteiger partial charge in [0, 0.05) is 16.7 Å². The maximum atomic E-state index is 12.4. The van der Waals surface area contributed by atoms with Gasteiger partial charge in [0.15, 0.2) is 12.4 Å². The Bertz CT molecular complexity index is 1000. The van der Waals surface area contributed by atoms with Gasteiger partial charge in [-0.1, -0.05) is 48.5 Å². The van der Waals surface area contributed by atoms with Crippen LogP contribution in [0.3, 0.4) is 0 Å². The van der Waals surface area contributed by atoms with E-state index in [0.717, 1.165) is 0 Å². The molecule has 0 unspecified atom stereocenters. The third kappa shape index (κ3) is 4.83. The van der Waals surface area contributed by atoms with Crippen LogP contribution in [0.4, 0.5) is 0 Å². The monoisotopic (exact) mass is 371 g/mol. The lowest BCUT2D eigenvalue weighted by atomic mass is 10.0. The van der Waals surface area contributed by atoms with Gasteiger partial charge in [0.05, 0.1) is 11.6 Å². The summed E-state index contributed by atoms with van der Waals surface area (Å²) in [6.45, 7) is -0.253. The molecule has 0 radical (unpaired) electrons. The van der Waals surface area contributed by atoms with Crippen molar-refractivity contribution < 1.29 is 19.1 Å². The van der Waals surface area contributed by atoms with Crippen LogP contribution in [0.1, 0.15) is 27.0 Å². The van der Waals surface area contributed by atoms with Gasteiger partial charge in [-0.15, -0.1) is 0 Å². The summed E-state index contributed by atoms with van der Waals surface area (Å²) in [4.78, 5) is 24.2. The molecule has 3 rings (SSSR count). The summed E-state index contributed by atoms with van der Waals surface area (Å²) in [6.07, 6.45) is 0. The number of nitriles is 1. The summed E-state index contributed by atoms with van der Waals surface area (Å²) in [5.41, 5.74) is 2.25. The molecular formula is C23H17NO4. The summed E-state index contributed by atoms with van der Waals surface area (Å²) in [5.74, 6) is -0.168. The molecule has 0 bridgehead atoms. The molecule has 0 heterocycles. The van der Waals surface area contributed by atoms with Crippen LogP contribution >= 0.6 is 0 Å². The number of hydrogen-bond donors (Lipinski definition) is 0. The zero-order valence-electron chi connectivity index (χ0n) is 15.0. The van der Waals surface area contributed by atoms with Crippen LogP contribution in [-0.2, 0) is 16.1 Å². The maximum Gasteiger partial charge on any atom is 0.344 e. The normalized spacial score (nSPS) is 9.96. The topological polar surface area (TPSA) is 76.4 Å². The SMILES string of the molecule is N#Cc1ccccc1COC(=O)COc1ccc(C(=O)c2ccccc2)cc1. The first-order chi connectivity index (χ1) is 13.7. The Balaban J connectivity index is 1.51. The van der Waals surface area contributed by atoms with Gasteiger partial charge in [-0.25, -0.2) is 4.79 Å². The zero-order chi connectivity index (χ0) is 19.8. The third-order valence-corrected chi connectivity index (χ3v) is 4.04. The van der Waals surface area contributed by atoms with E-state index in [9.17, 15) is 9.59 Å². The molecule has 0 aliphatic rings. The van der Waals surface area contributed by atoms with E-state index in [1.54, 1.807) is 60.7 Å². The second-order valence-electron chi connectivity index (χ2n) is 5.94. The van der Waals surface area contributed by atoms with Gasteiger partial charge in [0.25, 0.3) is 0 Å². The number of carbonyl (C=O) groups excluding carboxylic acids is 2. The Morgan fingerprint density at radius 3 is 2.18 bits per heavy atom. The van der Waals surface area contributed by atoms with E-state index in [2.05, 4.69) is 6.07 Å². The minimum atomic E-state index is -0.544. The number of rotatable bonds is 7. The van der Waals surface area contributed by atoms with Crippen molar-refractivity contribution in [2.75, 3.05) is 6.61 Å². The largest absolute Gasteiger partial charge is 0.482 e. The molecule has 3 aromatic carbocycles. The van der Waals surface area contributed by atoms with Crippen LogP contribution in [0.5, 0.6) is 5.75 Å². The quantitative estimate of drug-likeness (QED) is 0.465. The lowest BCUT2D eigenvalue weighted by Gasteiger charge is -2.08. The van der Waals surface area contributed by atoms with E-state index < -0.39 is 5.97 Å². The van der Waals surface area contributed by atoms with Crippen LogP contribution in [0.25, 0.3) is 0 Å². The molecule has 0 amide bonds. The Morgan fingerprint density at radius 2 is 1.46 bits per heavy atom. The second kappa shape index (κ2) is 9.15. The molecule has 0 saturated heterocycles. The highest BCUT2D eigenvalue weighted by Gasteiger charge is 2.10. The average Bonchev–Trinajstić information content (AvgIpc) is 2.77. The number of ketones is 1. The molecule has 0 atom stereocenters. The smallest absolute Gasteiger partial charge is 0.344 e. The van der Waals surface area contributed by atoms with Crippen LogP contribution in [0, 0.1) is 11.3 Å². The molecule has 0 fully saturated rings. The third-order valence-electron chi connectivity index (χ3n) is 4.04. The number of esters is 1. The van der Waals surface area contributed by atoms with E-state index in [4.69, 9.17) is 14.7 Å². The molecule has 5 heteroatoms. The van der Waals surface area contributed by atoms with Gasteiger partial charge in [-0.3, -0.25) is 4.79 Å². The van der Waals surface area contributed by atoms with Gasteiger partial charge >= 0.3 is 5.97 Å². The maximum absolute atomic E-state index is 12.4. The highest BCUT2D eigenvalue weighted by Crippen LogP contribution is 2.16. The van der Waals surface area contributed by atoms with Gasteiger partial charge < -0.3 is 9.47 Å². The van der Waals surface area contributed by atoms with Crippen molar-refractivity contribution in [1.29, 1.82) is 5.26 Å². The van der Waals surface area contributed by atoms with E-state index in [0.29, 0.717) is 28.0 Å². The minimum Gasteiger partial charge on any atom is -0.482 e. The predicted octanol–water partition coefficient (Wildman–Crippen LogP) is 3.91. The van der Waals surface area contributed by atoms with Gasteiger partial charge in [-0.2, -0.15) is 5.26 Å². The van der Waals surface area contributed by atoms with Crippen LogP contribution < -0.4 is 4.74 Å². The molecule has 5 nitrogen and oxygen atoms in total. The second-order valence-corrected chi connectivity index (χ2v) is 5.94. The lowest BCUT2D eigenvalue weighted by Crippen LogP contribution is -2.15. The number of carbonyl (C=O) groups is 2. The van der Waals surface area contributed by atoms with Crippen molar-refractivity contribution in [3.8, 4) is 11.8 Å². The fraction of sp³-hybridized carbons (Fsp3) is 0.0870. The Kier molecular flexibility index (Phi) is 6.17. The van der Waals surface area contributed by atoms with Gasteiger partial charge in [-0.05, 0) is 30.3 Å². The zero-order valence-corrected chi connectivity index (χ0v) is 15.0. The number of benzene rings is 3. The first-order valence-electron chi connectivity index (χ1n) is 8.63. The van der Waals surface area contributed by atoms with Crippen LogP contribution in [0.15, 0.2) is 78.9 Å². The Morgan fingerprint density at radius 1 is 0.821 bits per heavy atom. The highest BCUT2D eigenvalue weighted by molar-refractivity contribution is 6.08. The van der Waals surface area contributed by atoms with E-state index in [1.165, 1.54) is 0 Å². The Hall–Kier alpha value is -3.91. The van der Waals surface area contributed by atoms with E-state index in [1.807, 2.05) is 18.2 Å². The molecular weight excluding hydrogens is 354 g/mol. The molecule has 0 spiro atoms. The number of nitrogens with zero attached hydrogens (tertiary/aromatic N) is 1. The van der Waals surface area contributed by atoms with Crippen LogP contribution in [0.2, 0.25) is 0 Å². The first kappa shape index (κ1) is 18.9. The predicted molar refractivity (Wildman–Crippen MR) is 103 cm³/mol. The minimum absolute atomic E-state index is 0.0104. The van der Waals surface area contributed by atoms with Crippen molar-refractivity contribution in [2.45, 2.75) is 6.61 Å². The molecule has 0 N–H and O–H groups in total. The van der Waals surface area contributed by atoms with Crippen molar-refractivity contribution in [3.05, 3.63) is 101 Å². The first-order valence-corrected chi connectivity index (χ1v) is 8.63. The summed E-state index contributed by atoms with van der Waals surface area (Å²) >= 11 is 0. The van der Waals surface area contributed by atoms with Crippen molar-refractivity contribution in [3.63, 3.8) is 0 Å². The molecule has 138 valence electrons. The Labute approximate surface area is 162 Å². The fourth-order valence-corrected chi connectivity index (χ4v) is 2.56. The standard InChI is InChI=1S/C23H17NO4/c24-14-19-8-4-5-9-20(19)15-28-22(25)16-27-21-12-10-18(11-13-21)23(26)17-6-2-1-3-7-17/h1-13H,15-16H2. The van der Waals surface area contributed by atoms with Crippen molar-refractivity contribution in [1.82, 2.24) is 0 Å². The van der Waals surface area contributed by atoms with E-state index in [-0.39, 0.29) is 19.0 Å². The van der Waals surface area contributed by atoms with Crippen LogP contribution in [-0.4, -0.2) is 18.4 Å². The van der Waals surface area contributed by atoms with Crippen molar-refractivity contribution >= 4 is 11.8 Å². The molecule has 3 aromatic rings. The summed E-state index contributed by atoms with van der Waals surface area (Å²) in [7, 11) is 0. The molecule has 0 aliphatic carbocycles. The fourth-order valence-electron chi connectivity index (χ4n) is 2.56. The molecule has 0 saturated carbocycles. The number of hydrogen-bond acceptors (Lipinski definition) is 5. The average molecular weight is 371 g/mol. The molecule has 0 aliphatic heterocycles. The summed E-state index contributed by atoms with van der Waals surface area (Å²) < 4.78 is 10.5. The van der Waals surface area contributed by atoms with Crippen molar-refractivity contribution in [2.24, 2.45) is 0 Å². The highest BCUT2D eigenvalue weighted by atomic mass is 16.6. The summed E-state index contributed by atoms with van der Waals surface area (Å²) in [5, 5.41) is 9.03. The number of ether oxygens (including phenoxy) is 2. The molecule has 28 heavy (non-hydrogen) atoms. The summed E-state index contributed by atoms with van der Waals surface area (Å²) in [6, 6.07) is 24.5. The van der Waals surface area contributed by atoms with Gasteiger partial charge in [0.1, 0.15) is 12.4 Å².